The summed E-state index contributed by atoms with van der Waals surface area (Å²) >= 11 is 5.95. The molecule has 1 N–H and O–H groups in total. The monoisotopic (exact) mass is 305 g/mol. The Labute approximate surface area is 131 Å². The van der Waals surface area contributed by atoms with Gasteiger partial charge in [-0.25, -0.2) is 0 Å². The van der Waals surface area contributed by atoms with Crippen LogP contribution in [0.2, 0.25) is 5.02 Å². The maximum Gasteiger partial charge on any atom is 0.0574 e. The smallest absolute Gasteiger partial charge is 0.0574 e. The Morgan fingerprint density at radius 2 is 1.60 bits per heavy atom. The summed E-state index contributed by atoms with van der Waals surface area (Å²) in [5.41, 5.74) is 2.51. The lowest BCUT2D eigenvalue weighted by Gasteiger charge is -2.18. The summed E-state index contributed by atoms with van der Waals surface area (Å²) in [7, 11) is 0. The summed E-state index contributed by atoms with van der Waals surface area (Å²) in [5.74, 6) is 2.89. The van der Waals surface area contributed by atoms with E-state index in [1.54, 1.807) is 0 Å². The molecule has 2 rings (SSSR count). The first kappa shape index (κ1) is 16.6. The number of hydrogen-bond acceptors (Lipinski definition) is 1. The molecule has 0 heterocycles. The molecule has 104 valence electrons. The minimum atomic E-state index is 0. The van der Waals surface area contributed by atoms with E-state index in [1.165, 1.54) is 11.1 Å². The van der Waals surface area contributed by atoms with E-state index in [0.29, 0.717) is 6.54 Å². The summed E-state index contributed by atoms with van der Waals surface area (Å²) in [6, 6.07) is 18.4. The van der Waals surface area contributed by atoms with Gasteiger partial charge in [0.25, 0.3) is 0 Å². The van der Waals surface area contributed by atoms with E-state index in [1.807, 2.05) is 18.2 Å². The normalized spacial score (nSPS) is 11.2. The van der Waals surface area contributed by atoms with Crippen LogP contribution in [0.5, 0.6) is 0 Å². The van der Waals surface area contributed by atoms with Gasteiger partial charge in [-0.15, -0.1) is 18.8 Å². The second-order valence-corrected chi connectivity index (χ2v) is 4.79. The molecule has 1 nitrogen and oxygen atoms in total. The zero-order valence-electron chi connectivity index (χ0n) is 11.1. The van der Waals surface area contributed by atoms with Crippen molar-refractivity contribution in [3.63, 3.8) is 0 Å². The Morgan fingerprint density at radius 3 is 2.20 bits per heavy atom. The first-order valence-corrected chi connectivity index (χ1v) is 6.63. The molecule has 0 amide bonds. The molecule has 0 aromatic heterocycles. The quantitative estimate of drug-likeness (QED) is 0.647. The van der Waals surface area contributed by atoms with Gasteiger partial charge < -0.3 is 5.32 Å². The number of terminal acetylenes is 1. The highest BCUT2D eigenvalue weighted by Gasteiger charge is 2.13. The predicted octanol–water partition coefficient (Wildman–Crippen LogP) is 4.12. The second-order valence-electron chi connectivity index (χ2n) is 4.35. The standard InChI is InChI=1S/C17H16ClN.ClH/c1-2-12-19-13-17(14-6-4-3-5-7-14)15-8-10-16(18)11-9-15;/h1,3-11,17,19H,12-13H2;1H. The topological polar surface area (TPSA) is 12.0 Å². The minimum Gasteiger partial charge on any atom is -0.305 e. The Balaban J connectivity index is 0.00000200. The molecule has 1 unspecified atom stereocenters. The van der Waals surface area contributed by atoms with Crippen molar-refractivity contribution in [1.29, 1.82) is 0 Å². The van der Waals surface area contributed by atoms with Crippen LogP contribution in [0.15, 0.2) is 54.6 Å². The van der Waals surface area contributed by atoms with Crippen LogP contribution >= 0.6 is 24.0 Å². The molecule has 0 radical (unpaired) electrons. The lowest BCUT2D eigenvalue weighted by Crippen LogP contribution is -2.22. The molecule has 2 aromatic carbocycles. The van der Waals surface area contributed by atoms with E-state index in [0.717, 1.165) is 11.6 Å². The zero-order valence-corrected chi connectivity index (χ0v) is 12.6. The Hall–Kier alpha value is -1.46. The molecule has 2 aromatic rings. The first-order valence-electron chi connectivity index (χ1n) is 6.26. The van der Waals surface area contributed by atoms with Crippen LogP contribution in [-0.4, -0.2) is 13.1 Å². The minimum absolute atomic E-state index is 0. The van der Waals surface area contributed by atoms with Crippen molar-refractivity contribution in [3.05, 3.63) is 70.7 Å². The molecule has 1 atom stereocenters. The molecule has 0 aliphatic carbocycles. The molecule has 0 saturated carbocycles. The molecule has 0 fully saturated rings. The lowest BCUT2D eigenvalue weighted by atomic mass is 9.91. The van der Waals surface area contributed by atoms with Crippen molar-refractivity contribution in [1.82, 2.24) is 5.32 Å². The van der Waals surface area contributed by atoms with Crippen molar-refractivity contribution in [2.24, 2.45) is 0 Å². The van der Waals surface area contributed by atoms with Crippen molar-refractivity contribution in [3.8, 4) is 12.3 Å². The van der Waals surface area contributed by atoms with Gasteiger partial charge in [-0.1, -0.05) is 60.0 Å². The highest BCUT2D eigenvalue weighted by molar-refractivity contribution is 6.30. The van der Waals surface area contributed by atoms with Crippen molar-refractivity contribution >= 4 is 24.0 Å². The van der Waals surface area contributed by atoms with Gasteiger partial charge in [0, 0.05) is 17.5 Å². The van der Waals surface area contributed by atoms with Crippen molar-refractivity contribution in [2.45, 2.75) is 5.92 Å². The molecule has 0 bridgehead atoms. The Bertz CT molecular complexity index is 543. The number of rotatable bonds is 5. The van der Waals surface area contributed by atoms with Crippen LogP contribution in [-0.2, 0) is 0 Å². The average molecular weight is 306 g/mol. The third-order valence-electron chi connectivity index (χ3n) is 3.05. The molecule has 0 spiro atoms. The summed E-state index contributed by atoms with van der Waals surface area (Å²) in [6.07, 6.45) is 5.28. The van der Waals surface area contributed by atoms with Crippen LogP contribution < -0.4 is 5.32 Å². The third-order valence-corrected chi connectivity index (χ3v) is 3.30. The lowest BCUT2D eigenvalue weighted by molar-refractivity contribution is 0.683. The fourth-order valence-corrected chi connectivity index (χ4v) is 2.22. The molecule has 0 aliphatic heterocycles. The maximum atomic E-state index is 5.95. The first-order chi connectivity index (χ1) is 9.31. The second kappa shape index (κ2) is 8.66. The summed E-state index contributed by atoms with van der Waals surface area (Å²) in [6.45, 7) is 1.40. The molecule has 0 aliphatic rings. The SMILES string of the molecule is C#CCNCC(c1ccccc1)c1ccc(Cl)cc1.Cl. The predicted molar refractivity (Wildman–Crippen MR) is 88.7 cm³/mol. The van der Waals surface area contributed by atoms with Gasteiger partial charge in [0.1, 0.15) is 0 Å². The van der Waals surface area contributed by atoms with Gasteiger partial charge in [-0.05, 0) is 23.3 Å². The molecule has 20 heavy (non-hydrogen) atoms. The molecule has 3 heteroatoms. The summed E-state index contributed by atoms with van der Waals surface area (Å²) in [5, 5.41) is 4.03. The van der Waals surface area contributed by atoms with E-state index in [-0.39, 0.29) is 18.3 Å². The van der Waals surface area contributed by atoms with E-state index in [4.69, 9.17) is 18.0 Å². The largest absolute Gasteiger partial charge is 0.305 e. The third kappa shape index (κ3) is 4.58. The highest BCUT2D eigenvalue weighted by Crippen LogP contribution is 2.25. The van der Waals surface area contributed by atoms with Crippen LogP contribution in [0.1, 0.15) is 17.0 Å². The number of benzene rings is 2. The number of halogens is 2. The van der Waals surface area contributed by atoms with Gasteiger partial charge >= 0.3 is 0 Å². The van der Waals surface area contributed by atoms with Gasteiger partial charge in [0.15, 0.2) is 0 Å². The Morgan fingerprint density at radius 1 is 1.00 bits per heavy atom. The van der Waals surface area contributed by atoms with Crippen LogP contribution in [0.3, 0.4) is 0 Å². The maximum absolute atomic E-state index is 5.95. The van der Waals surface area contributed by atoms with Crippen molar-refractivity contribution < 1.29 is 0 Å². The number of nitrogens with one attached hydrogen (secondary N) is 1. The fraction of sp³-hybridized carbons (Fsp3) is 0.176. The van der Waals surface area contributed by atoms with E-state index >= 15 is 0 Å². The molecular formula is C17H17Cl2N. The van der Waals surface area contributed by atoms with E-state index in [9.17, 15) is 0 Å². The summed E-state index contributed by atoms with van der Waals surface area (Å²) < 4.78 is 0. The van der Waals surface area contributed by atoms with Crippen LogP contribution in [0.25, 0.3) is 0 Å². The van der Waals surface area contributed by atoms with E-state index < -0.39 is 0 Å². The molecule has 0 saturated heterocycles. The van der Waals surface area contributed by atoms with Crippen LogP contribution in [0, 0.1) is 12.3 Å². The van der Waals surface area contributed by atoms with Crippen LogP contribution in [0.4, 0.5) is 0 Å². The Kier molecular flexibility index (Phi) is 7.18. The van der Waals surface area contributed by atoms with Gasteiger partial charge in [0.05, 0.1) is 6.54 Å². The summed E-state index contributed by atoms with van der Waals surface area (Å²) in [4.78, 5) is 0. The van der Waals surface area contributed by atoms with E-state index in [2.05, 4.69) is 47.6 Å². The molecular weight excluding hydrogens is 289 g/mol. The zero-order chi connectivity index (χ0) is 13.5. The van der Waals surface area contributed by atoms with Crippen molar-refractivity contribution in [2.75, 3.05) is 13.1 Å². The number of hydrogen-bond donors (Lipinski definition) is 1. The van der Waals surface area contributed by atoms with Gasteiger partial charge in [-0.3, -0.25) is 0 Å². The average Bonchev–Trinajstić information content (AvgIpc) is 2.46. The van der Waals surface area contributed by atoms with Gasteiger partial charge in [-0.2, -0.15) is 0 Å². The highest BCUT2D eigenvalue weighted by atomic mass is 35.5. The fourth-order valence-electron chi connectivity index (χ4n) is 2.10. The van der Waals surface area contributed by atoms with Gasteiger partial charge in [0.2, 0.25) is 0 Å².